The molecule has 13 N–H and O–H groups in total. The minimum absolute atomic E-state index is 0.0289. The van der Waals surface area contributed by atoms with Crippen LogP contribution in [0.4, 0.5) is 0 Å². The summed E-state index contributed by atoms with van der Waals surface area (Å²) in [6, 6.07) is 1.49. The van der Waals surface area contributed by atoms with Gasteiger partial charge in [-0.15, -0.1) is 0 Å². The van der Waals surface area contributed by atoms with Gasteiger partial charge in [-0.05, 0) is 30.2 Å². The Labute approximate surface area is 336 Å². The van der Waals surface area contributed by atoms with Gasteiger partial charge in [0.15, 0.2) is 0 Å². The molecule has 0 fully saturated rings. The first-order valence-electron chi connectivity index (χ1n) is 19.0. The molecule has 6 atom stereocenters. The summed E-state index contributed by atoms with van der Waals surface area (Å²) in [7, 11) is 0. The van der Waals surface area contributed by atoms with Crippen molar-refractivity contribution in [3.63, 3.8) is 0 Å². The fourth-order valence-electron chi connectivity index (χ4n) is 5.94. The summed E-state index contributed by atoms with van der Waals surface area (Å²) < 4.78 is 0. The molecule has 58 heavy (non-hydrogen) atoms. The number of H-pyrrole nitrogens is 2. The highest BCUT2D eigenvalue weighted by Gasteiger charge is 2.34. The summed E-state index contributed by atoms with van der Waals surface area (Å²) in [6.07, 6.45) is 6.01. The first kappa shape index (κ1) is 46.2. The summed E-state index contributed by atoms with van der Waals surface area (Å²) in [5.74, 6) is -5.52. The number of amides is 7. The predicted octanol–water partition coefficient (Wildman–Crippen LogP) is -2.40. The number of carbonyl (C=O) groups excluding carboxylic acids is 7. The molecule has 20 heteroatoms. The topological polar surface area (TPSA) is 321 Å². The molecule has 2 heterocycles. The number of aliphatic hydroxyl groups excluding tert-OH is 1. The first-order chi connectivity index (χ1) is 27.6. The number of hydrogen-bond donors (Lipinski definition) is 11. The van der Waals surface area contributed by atoms with Gasteiger partial charge in [-0.25, -0.2) is 9.97 Å². The van der Waals surface area contributed by atoms with Gasteiger partial charge in [0.25, 0.3) is 0 Å². The lowest BCUT2D eigenvalue weighted by Crippen LogP contribution is -2.61. The zero-order valence-corrected chi connectivity index (χ0v) is 33.1. The Hall–Kier alpha value is -6.15. The lowest BCUT2D eigenvalue weighted by Gasteiger charge is -2.28. The van der Waals surface area contributed by atoms with Crippen molar-refractivity contribution in [1.82, 2.24) is 51.8 Å². The van der Waals surface area contributed by atoms with Gasteiger partial charge in [-0.2, -0.15) is 0 Å². The molecule has 2 aromatic heterocycles. The minimum atomic E-state index is -1.53. The van der Waals surface area contributed by atoms with Crippen molar-refractivity contribution in [3.05, 3.63) is 72.3 Å². The molecule has 3 aromatic rings. The number of nitrogens with two attached hydrogens (primary N) is 2. The third-order valence-corrected chi connectivity index (χ3v) is 8.87. The van der Waals surface area contributed by atoms with Crippen LogP contribution in [0.15, 0.2) is 55.4 Å². The van der Waals surface area contributed by atoms with E-state index in [0.717, 1.165) is 5.56 Å². The average molecular weight is 809 g/mol. The molecule has 316 valence electrons. The van der Waals surface area contributed by atoms with Crippen LogP contribution in [0.1, 0.15) is 57.5 Å². The van der Waals surface area contributed by atoms with Crippen LogP contribution in [-0.4, -0.2) is 116 Å². The number of carbonyl (C=O) groups is 7. The number of hydrogen-bond acceptors (Lipinski definition) is 11. The molecule has 0 aliphatic carbocycles. The molecule has 0 aliphatic rings. The third kappa shape index (κ3) is 15.4. The predicted molar refractivity (Wildman–Crippen MR) is 211 cm³/mol. The van der Waals surface area contributed by atoms with E-state index < -0.39 is 90.8 Å². The summed E-state index contributed by atoms with van der Waals surface area (Å²) >= 11 is 0. The number of aromatic nitrogens is 4. The van der Waals surface area contributed by atoms with E-state index in [-0.39, 0.29) is 43.9 Å². The van der Waals surface area contributed by atoms with Crippen LogP contribution in [0, 0.1) is 11.8 Å². The minimum Gasteiger partial charge on any atom is -0.394 e. The first-order valence-corrected chi connectivity index (χ1v) is 19.0. The fourth-order valence-corrected chi connectivity index (χ4v) is 5.94. The second-order valence-corrected chi connectivity index (χ2v) is 14.7. The van der Waals surface area contributed by atoms with E-state index in [0.29, 0.717) is 11.4 Å². The maximum Gasteiger partial charge on any atom is 0.245 e. The van der Waals surface area contributed by atoms with Crippen molar-refractivity contribution >= 4 is 41.4 Å². The molecule has 0 aliphatic heterocycles. The second-order valence-electron chi connectivity index (χ2n) is 14.7. The molecule has 1 aromatic carbocycles. The smallest absolute Gasteiger partial charge is 0.245 e. The Morgan fingerprint density at radius 2 is 1.02 bits per heavy atom. The summed E-state index contributed by atoms with van der Waals surface area (Å²) in [4.78, 5) is 106. The largest absolute Gasteiger partial charge is 0.394 e. The maximum atomic E-state index is 14.0. The Morgan fingerprint density at radius 3 is 1.43 bits per heavy atom. The zero-order chi connectivity index (χ0) is 42.8. The Kier molecular flexibility index (Phi) is 18.5. The number of aliphatic hydroxyl groups is 1. The molecule has 7 amide bonds. The van der Waals surface area contributed by atoms with Gasteiger partial charge in [0, 0.05) is 43.0 Å². The van der Waals surface area contributed by atoms with E-state index >= 15 is 0 Å². The monoisotopic (exact) mass is 808 g/mol. The van der Waals surface area contributed by atoms with Crippen LogP contribution >= 0.6 is 0 Å². The van der Waals surface area contributed by atoms with Crippen molar-refractivity contribution in [1.29, 1.82) is 0 Å². The molecule has 0 saturated heterocycles. The van der Waals surface area contributed by atoms with Gasteiger partial charge < -0.3 is 58.4 Å². The number of aromatic amines is 2. The van der Waals surface area contributed by atoms with Crippen molar-refractivity contribution in [3.8, 4) is 0 Å². The van der Waals surface area contributed by atoms with Crippen molar-refractivity contribution in [2.75, 3.05) is 13.2 Å². The molecule has 20 nitrogen and oxygen atoms in total. The van der Waals surface area contributed by atoms with Gasteiger partial charge >= 0.3 is 0 Å². The van der Waals surface area contributed by atoms with Crippen LogP contribution in [-0.2, 0) is 52.8 Å². The highest BCUT2D eigenvalue weighted by Crippen LogP contribution is 2.11. The standard InChI is InChI=1S/C38H56N12O8/c1-21(2)10-27(35(55)49-30(14-25-17-42-20-44-25)37(57)46-26(33(40)53)12-23-8-6-5-7-9-23)47-34(54)28(11-22(3)4)48-38(58)31(18-51)50-36(56)29(45-32(52)15-39)13-24-16-41-19-43-24/h5-9,16-17,19-22,26-31,51H,10-15,18,39H2,1-4H3,(H2,40,53)(H,41,43)(H,42,44)(H,45,52)(H,46,57)(H,47,54)(H,48,58)(H,49,55)(H,50,56)/t26-,27-,28-,29-,30-,31-/m0/s1. The zero-order valence-electron chi connectivity index (χ0n) is 33.1. The Morgan fingerprint density at radius 1 is 0.603 bits per heavy atom. The average Bonchev–Trinajstić information content (AvgIpc) is 3.90. The number of nitrogens with zero attached hydrogens (tertiary/aromatic N) is 2. The van der Waals surface area contributed by atoms with Gasteiger partial charge in [0.1, 0.15) is 36.3 Å². The van der Waals surface area contributed by atoms with Crippen molar-refractivity contribution in [2.24, 2.45) is 23.3 Å². The molecular formula is C38H56N12O8. The van der Waals surface area contributed by atoms with Gasteiger partial charge in [0.05, 0.1) is 25.8 Å². The lowest BCUT2D eigenvalue weighted by molar-refractivity contribution is -0.136. The molecule has 0 bridgehead atoms. The van der Waals surface area contributed by atoms with Crippen LogP contribution in [0.5, 0.6) is 0 Å². The van der Waals surface area contributed by atoms with Crippen LogP contribution in [0.3, 0.4) is 0 Å². The van der Waals surface area contributed by atoms with Crippen LogP contribution in [0.2, 0.25) is 0 Å². The Bertz CT molecular complexity index is 1790. The van der Waals surface area contributed by atoms with E-state index in [1.54, 1.807) is 24.3 Å². The fraction of sp³-hybridized carbons (Fsp3) is 0.500. The van der Waals surface area contributed by atoms with Crippen LogP contribution in [0.25, 0.3) is 0 Å². The number of imidazole rings is 2. The summed E-state index contributed by atoms with van der Waals surface area (Å²) in [5.41, 5.74) is 12.8. The van der Waals surface area contributed by atoms with Gasteiger partial charge in [-0.3, -0.25) is 33.6 Å². The number of primary amides is 1. The summed E-state index contributed by atoms with van der Waals surface area (Å²) in [5, 5.41) is 25.7. The van der Waals surface area contributed by atoms with E-state index in [9.17, 15) is 38.7 Å². The van der Waals surface area contributed by atoms with Crippen molar-refractivity contribution in [2.45, 2.75) is 96.1 Å². The maximum absolute atomic E-state index is 14.0. The highest BCUT2D eigenvalue weighted by molar-refractivity contribution is 5.97. The number of benzene rings is 1. The van der Waals surface area contributed by atoms with Gasteiger partial charge in [-0.1, -0.05) is 58.0 Å². The molecule has 0 radical (unpaired) electrons. The van der Waals surface area contributed by atoms with E-state index in [1.165, 1.54) is 25.0 Å². The third-order valence-electron chi connectivity index (χ3n) is 8.87. The van der Waals surface area contributed by atoms with E-state index in [2.05, 4.69) is 51.8 Å². The SMILES string of the molecule is CC(C)C[C@H](NC(=O)[C@H](CC(C)C)NC(=O)[C@H](CO)NC(=O)[C@H](Cc1cnc[nH]1)NC(=O)CN)C(=O)N[C@@H](Cc1cnc[nH]1)C(=O)N[C@@H](Cc1ccccc1)C(N)=O. The number of rotatable bonds is 24. The number of nitrogens with one attached hydrogen (secondary N) is 8. The lowest BCUT2D eigenvalue weighted by atomic mass is 9.99. The molecule has 0 unspecified atom stereocenters. The quantitative estimate of drug-likeness (QED) is 0.0453. The Balaban J connectivity index is 1.78. The second kappa shape index (κ2) is 23.2. The van der Waals surface area contributed by atoms with Crippen LogP contribution < -0.4 is 43.4 Å². The molecule has 0 spiro atoms. The van der Waals surface area contributed by atoms with Crippen molar-refractivity contribution < 1.29 is 38.7 Å². The van der Waals surface area contributed by atoms with E-state index in [4.69, 9.17) is 11.5 Å². The van der Waals surface area contributed by atoms with E-state index in [1.807, 2.05) is 33.8 Å². The molecule has 0 saturated carbocycles. The van der Waals surface area contributed by atoms with Gasteiger partial charge in [0.2, 0.25) is 41.4 Å². The highest BCUT2D eigenvalue weighted by atomic mass is 16.3. The molecular weight excluding hydrogens is 752 g/mol. The summed E-state index contributed by atoms with van der Waals surface area (Å²) in [6.45, 7) is 6.04. The molecule has 3 rings (SSSR count). The normalized spacial score (nSPS) is 14.3.